The summed E-state index contributed by atoms with van der Waals surface area (Å²) in [5.41, 5.74) is 0.898. The Morgan fingerprint density at radius 3 is 2.28 bits per heavy atom. The van der Waals surface area contributed by atoms with Gasteiger partial charge in [0.15, 0.2) is 0 Å². The first-order chi connectivity index (χ1) is 12.2. The lowest BCUT2D eigenvalue weighted by atomic mass is 10.2. The molecule has 1 heterocycles. The Kier molecular flexibility index (Phi) is 5.21. The molecule has 3 aromatic rings. The largest absolute Gasteiger partial charge is 0.472 e. The predicted molar refractivity (Wildman–Crippen MR) is 93.0 cm³/mol. The van der Waals surface area contributed by atoms with Crippen LogP contribution in [-0.2, 0) is 6.42 Å². The van der Waals surface area contributed by atoms with Crippen molar-refractivity contribution >= 4 is 5.69 Å². The Labute approximate surface area is 144 Å². The monoisotopic (exact) mass is 336 g/mol. The highest BCUT2D eigenvalue weighted by Crippen LogP contribution is 2.29. The summed E-state index contributed by atoms with van der Waals surface area (Å²) in [5.74, 6) is 0.792. The van der Waals surface area contributed by atoms with Crippen LogP contribution in [0.3, 0.4) is 0 Å². The minimum absolute atomic E-state index is 0.0469. The second kappa shape index (κ2) is 7.92. The van der Waals surface area contributed by atoms with E-state index in [-0.39, 0.29) is 24.1 Å². The van der Waals surface area contributed by atoms with E-state index in [2.05, 4.69) is 4.98 Å². The van der Waals surface area contributed by atoms with Crippen molar-refractivity contribution in [3.05, 3.63) is 88.5 Å². The third-order valence-corrected chi connectivity index (χ3v) is 3.45. The highest BCUT2D eigenvalue weighted by molar-refractivity contribution is 5.43. The van der Waals surface area contributed by atoms with Crippen molar-refractivity contribution in [2.75, 3.05) is 6.61 Å². The summed E-state index contributed by atoms with van der Waals surface area (Å²) in [6.07, 6.45) is 0.628. The second-order valence-electron chi connectivity index (χ2n) is 5.23. The lowest BCUT2D eigenvalue weighted by Gasteiger charge is -2.09. The molecule has 0 spiro atoms. The molecule has 1 aromatic heterocycles. The Balaban J connectivity index is 1.73. The summed E-state index contributed by atoms with van der Waals surface area (Å²) in [5, 5.41) is 11.2. The van der Waals surface area contributed by atoms with E-state index >= 15 is 0 Å². The molecule has 0 aliphatic rings. The standard InChI is InChI=1S/C19H16N2O4/c22-21(23)17-11-12-18(25-16-9-5-2-6-10-16)20-19(17)24-14-13-15-7-3-1-4-8-15/h1-12H,13-14H2. The van der Waals surface area contributed by atoms with Crippen LogP contribution in [0.1, 0.15) is 5.56 Å². The Bertz CT molecular complexity index is 839. The zero-order chi connectivity index (χ0) is 17.5. The molecule has 6 heteroatoms. The lowest BCUT2D eigenvalue weighted by molar-refractivity contribution is -0.386. The highest BCUT2D eigenvalue weighted by Gasteiger charge is 2.18. The van der Waals surface area contributed by atoms with Crippen molar-refractivity contribution < 1.29 is 14.4 Å². The second-order valence-corrected chi connectivity index (χ2v) is 5.23. The highest BCUT2D eigenvalue weighted by atomic mass is 16.6. The van der Waals surface area contributed by atoms with Crippen molar-refractivity contribution in [2.45, 2.75) is 6.42 Å². The third kappa shape index (κ3) is 4.54. The number of hydrogen-bond acceptors (Lipinski definition) is 5. The van der Waals surface area contributed by atoms with Crippen LogP contribution in [0.5, 0.6) is 17.5 Å². The Morgan fingerprint density at radius 1 is 0.920 bits per heavy atom. The van der Waals surface area contributed by atoms with Gasteiger partial charge in [-0.2, -0.15) is 4.98 Å². The average molecular weight is 336 g/mol. The summed E-state index contributed by atoms with van der Waals surface area (Å²) in [6.45, 7) is 0.284. The van der Waals surface area contributed by atoms with Gasteiger partial charge in [-0.25, -0.2) is 0 Å². The van der Waals surface area contributed by atoms with Gasteiger partial charge in [-0.05, 0) is 17.7 Å². The average Bonchev–Trinajstić information content (AvgIpc) is 2.63. The normalized spacial score (nSPS) is 10.2. The van der Waals surface area contributed by atoms with E-state index in [0.29, 0.717) is 12.2 Å². The van der Waals surface area contributed by atoms with Crippen LogP contribution in [0.25, 0.3) is 0 Å². The fourth-order valence-electron chi connectivity index (χ4n) is 2.24. The molecule has 0 radical (unpaired) electrons. The minimum Gasteiger partial charge on any atom is -0.472 e. The fourth-order valence-corrected chi connectivity index (χ4v) is 2.24. The molecular weight excluding hydrogens is 320 g/mol. The van der Waals surface area contributed by atoms with E-state index in [1.54, 1.807) is 12.1 Å². The number of aromatic nitrogens is 1. The van der Waals surface area contributed by atoms with Crippen LogP contribution < -0.4 is 9.47 Å². The van der Waals surface area contributed by atoms with Gasteiger partial charge in [0.25, 0.3) is 5.88 Å². The molecule has 0 atom stereocenters. The van der Waals surface area contributed by atoms with Crippen LogP contribution in [0.2, 0.25) is 0 Å². The Hall–Kier alpha value is -3.41. The number of benzene rings is 2. The first kappa shape index (κ1) is 16.4. The number of rotatable bonds is 7. The number of pyridine rings is 1. The maximum atomic E-state index is 11.2. The topological polar surface area (TPSA) is 74.5 Å². The van der Waals surface area contributed by atoms with E-state index in [1.807, 2.05) is 48.5 Å². The van der Waals surface area contributed by atoms with Crippen LogP contribution in [0.15, 0.2) is 72.8 Å². The fraction of sp³-hybridized carbons (Fsp3) is 0.105. The lowest BCUT2D eigenvalue weighted by Crippen LogP contribution is -2.05. The number of hydrogen-bond donors (Lipinski definition) is 0. The summed E-state index contributed by atoms with van der Waals surface area (Å²) < 4.78 is 11.2. The molecule has 0 N–H and O–H groups in total. The molecule has 0 saturated carbocycles. The minimum atomic E-state index is -0.517. The summed E-state index contributed by atoms with van der Waals surface area (Å²) in [7, 11) is 0. The van der Waals surface area contributed by atoms with Gasteiger partial charge in [0.2, 0.25) is 5.88 Å². The smallest absolute Gasteiger partial charge is 0.331 e. The van der Waals surface area contributed by atoms with Crippen LogP contribution in [-0.4, -0.2) is 16.5 Å². The maximum Gasteiger partial charge on any atom is 0.331 e. The van der Waals surface area contributed by atoms with Gasteiger partial charge in [0.1, 0.15) is 5.75 Å². The summed E-state index contributed by atoms with van der Waals surface area (Å²) >= 11 is 0. The van der Waals surface area contributed by atoms with Gasteiger partial charge in [-0.15, -0.1) is 0 Å². The molecule has 0 bridgehead atoms. The SMILES string of the molecule is O=[N+]([O-])c1ccc(Oc2ccccc2)nc1OCCc1ccccc1. The zero-order valence-electron chi connectivity index (χ0n) is 13.4. The number of nitro groups is 1. The molecule has 0 unspecified atom stereocenters. The van der Waals surface area contributed by atoms with Crippen molar-refractivity contribution in [2.24, 2.45) is 0 Å². The molecule has 0 saturated heterocycles. The summed E-state index contributed by atoms with van der Waals surface area (Å²) in [6, 6.07) is 21.6. The van der Waals surface area contributed by atoms with Gasteiger partial charge >= 0.3 is 5.69 Å². The Morgan fingerprint density at radius 2 is 1.60 bits per heavy atom. The molecule has 0 amide bonds. The molecule has 25 heavy (non-hydrogen) atoms. The van der Waals surface area contributed by atoms with E-state index in [0.717, 1.165) is 5.56 Å². The summed E-state index contributed by atoms with van der Waals surface area (Å²) in [4.78, 5) is 14.8. The van der Waals surface area contributed by atoms with Crippen molar-refractivity contribution in [3.63, 3.8) is 0 Å². The van der Waals surface area contributed by atoms with Gasteiger partial charge in [-0.1, -0.05) is 48.5 Å². The number of ether oxygens (including phenoxy) is 2. The molecule has 0 aliphatic heterocycles. The van der Waals surface area contributed by atoms with Gasteiger partial charge in [0.05, 0.1) is 11.5 Å². The van der Waals surface area contributed by atoms with Crippen LogP contribution in [0, 0.1) is 10.1 Å². The molecule has 6 nitrogen and oxygen atoms in total. The van der Waals surface area contributed by atoms with Gasteiger partial charge in [0, 0.05) is 18.6 Å². The number of nitrogens with zero attached hydrogens (tertiary/aromatic N) is 2. The molecule has 0 fully saturated rings. The molecule has 2 aromatic carbocycles. The first-order valence-corrected chi connectivity index (χ1v) is 7.77. The van der Waals surface area contributed by atoms with Crippen LogP contribution in [0.4, 0.5) is 5.69 Å². The van der Waals surface area contributed by atoms with E-state index in [1.165, 1.54) is 12.1 Å². The van der Waals surface area contributed by atoms with Gasteiger partial charge < -0.3 is 9.47 Å². The molecular formula is C19H16N2O4. The van der Waals surface area contributed by atoms with E-state index < -0.39 is 4.92 Å². The van der Waals surface area contributed by atoms with Gasteiger partial charge in [-0.3, -0.25) is 10.1 Å². The molecule has 3 rings (SSSR count). The third-order valence-electron chi connectivity index (χ3n) is 3.45. The van der Waals surface area contributed by atoms with Crippen molar-refractivity contribution in [1.82, 2.24) is 4.98 Å². The predicted octanol–water partition coefficient (Wildman–Crippen LogP) is 4.40. The van der Waals surface area contributed by atoms with Crippen molar-refractivity contribution in [3.8, 4) is 17.5 Å². The maximum absolute atomic E-state index is 11.2. The molecule has 0 aliphatic carbocycles. The first-order valence-electron chi connectivity index (χ1n) is 7.77. The quantitative estimate of drug-likeness (QED) is 0.472. The van der Waals surface area contributed by atoms with Crippen LogP contribution >= 0.6 is 0 Å². The number of para-hydroxylation sites is 1. The van der Waals surface area contributed by atoms with E-state index in [4.69, 9.17) is 9.47 Å². The van der Waals surface area contributed by atoms with Crippen molar-refractivity contribution in [1.29, 1.82) is 0 Å². The van der Waals surface area contributed by atoms with E-state index in [9.17, 15) is 10.1 Å². The zero-order valence-corrected chi connectivity index (χ0v) is 13.4. The molecule has 126 valence electrons.